The number of fused-ring (bicyclic) bond motifs is 1. The Balaban J connectivity index is 2.04. The minimum Gasteiger partial charge on any atom is -0.497 e. The third-order valence-electron chi connectivity index (χ3n) is 3.06. The number of amidine groups is 1. The highest BCUT2D eigenvalue weighted by Gasteiger charge is 2.29. The summed E-state index contributed by atoms with van der Waals surface area (Å²) in [6.07, 6.45) is 0. The van der Waals surface area contributed by atoms with Gasteiger partial charge in [0.2, 0.25) is 0 Å². The van der Waals surface area contributed by atoms with E-state index >= 15 is 0 Å². The third-order valence-corrected chi connectivity index (χ3v) is 4.38. The second kappa shape index (κ2) is 5.06. The first kappa shape index (κ1) is 14.5. The molecule has 0 aromatic heterocycles. The molecule has 2 aromatic carbocycles. The summed E-state index contributed by atoms with van der Waals surface area (Å²) in [6, 6.07) is 7.23. The largest absolute Gasteiger partial charge is 0.497 e. The highest BCUT2D eigenvalue weighted by Crippen LogP contribution is 2.30. The van der Waals surface area contributed by atoms with Crippen LogP contribution in [0.1, 0.15) is 5.56 Å². The van der Waals surface area contributed by atoms with E-state index in [9.17, 15) is 17.2 Å². The van der Waals surface area contributed by atoms with Crippen molar-refractivity contribution in [3.8, 4) is 5.75 Å². The molecule has 0 atom stereocenters. The monoisotopic (exact) mass is 324 g/mol. The summed E-state index contributed by atoms with van der Waals surface area (Å²) in [5.41, 5.74) is 0.376. The molecular formula is C14H10F2N2O3S. The number of hydrogen-bond acceptors (Lipinski definition) is 4. The Morgan fingerprint density at radius 2 is 1.77 bits per heavy atom. The van der Waals surface area contributed by atoms with Gasteiger partial charge in [0.25, 0.3) is 10.0 Å². The van der Waals surface area contributed by atoms with Crippen LogP contribution in [0.5, 0.6) is 5.75 Å². The minimum atomic E-state index is -3.87. The molecule has 0 spiro atoms. The van der Waals surface area contributed by atoms with Crippen LogP contribution in [0, 0.1) is 11.6 Å². The van der Waals surface area contributed by atoms with Crippen LogP contribution in [-0.4, -0.2) is 21.4 Å². The van der Waals surface area contributed by atoms with Crippen molar-refractivity contribution < 1.29 is 21.9 Å². The smallest absolute Gasteiger partial charge is 0.285 e. The van der Waals surface area contributed by atoms with Crippen LogP contribution in [0.2, 0.25) is 0 Å². The van der Waals surface area contributed by atoms with Crippen LogP contribution in [-0.2, 0) is 10.0 Å². The van der Waals surface area contributed by atoms with E-state index < -0.39 is 21.7 Å². The Kier molecular flexibility index (Phi) is 3.32. The maximum absolute atomic E-state index is 13.2. The molecule has 3 rings (SSSR count). The van der Waals surface area contributed by atoms with Crippen molar-refractivity contribution in [3.63, 3.8) is 0 Å². The molecule has 0 aliphatic carbocycles. The average molecular weight is 324 g/mol. The van der Waals surface area contributed by atoms with Gasteiger partial charge in [-0.2, -0.15) is 8.42 Å². The van der Waals surface area contributed by atoms with Gasteiger partial charge in [-0.3, -0.25) is 0 Å². The fourth-order valence-electron chi connectivity index (χ4n) is 2.11. The first-order valence-corrected chi connectivity index (χ1v) is 7.59. The summed E-state index contributed by atoms with van der Waals surface area (Å²) in [7, 11) is -2.45. The molecule has 1 aliphatic rings. The van der Waals surface area contributed by atoms with Crippen molar-refractivity contribution in [1.29, 1.82) is 0 Å². The molecule has 114 valence electrons. The molecule has 0 saturated carbocycles. The normalized spacial score (nSPS) is 15.1. The van der Waals surface area contributed by atoms with Gasteiger partial charge in [-0.15, -0.1) is 4.40 Å². The lowest BCUT2D eigenvalue weighted by Crippen LogP contribution is -2.11. The molecule has 2 aromatic rings. The fourth-order valence-corrected chi connectivity index (χ4v) is 3.30. The third kappa shape index (κ3) is 2.52. The number of rotatable bonds is 2. The van der Waals surface area contributed by atoms with Gasteiger partial charge >= 0.3 is 0 Å². The quantitative estimate of drug-likeness (QED) is 0.922. The predicted molar refractivity (Wildman–Crippen MR) is 76.7 cm³/mol. The van der Waals surface area contributed by atoms with E-state index in [2.05, 4.69) is 9.71 Å². The average Bonchev–Trinajstić information content (AvgIpc) is 2.68. The van der Waals surface area contributed by atoms with Gasteiger partial charge in [0.15, 0.2) is 5.84 Å². The van der Waals surface area contributed by atoms with Crippen LogP contribution >= 0.6 is 0 Å². The van der Waals surface area contributed by atoms with Crippen molar-refractivity contribution in [2.45, 2.75) is 4.90 Å². The van der Waals surface area contributed by atoms with Crippen molar-refractivity contribution >= 4 is 21.5 Å². The number of sulfonamides is 1. The number of ether oxygens (including phenoxy) is 1. The maximum Gasteiger partial charge on any atom is 0.285 e. The molecule has 0 unspecified atom stereocenters. The lowest BCUT2D eigenvalue weighted by atomic mass is 10.2. The van der Waals surface area contributed by atoms with Crippen LogP contribution in [0.15, 0.2) is 45.7 Å². The van der Waals surface area contributed by atoms with Gasteiger partial charge in [-0.05, 0) is 24.3 Å². The number of benzene rings is 2. The zero-order valence-electron chi connectivity index (χ0n) is 11.3. The number of halogens is 2. The molecule has 1 heterocycles. The highest BCUT2D eigenvalue weighted by molar-refractivity contribution is 7.90. The first-order valence-electron chi connectivity index (χ1n) is 6.15. The second-order valence-electron chi connectivity index (χ2n) is 4.56. The first-order chi connectivity index (χ1) is 10.4. The zero-order valence-corrected chi connectivity index (χ0v) is 12.1. The number of methoxy groups -OCH3 is 1. The SMILES string of the molecule is COc1ccc2c(c1)S(=O)(=O)N=C2Nc1cc(F)cc(F)c1. The van der Waals surface area contributed by atoms with Gasteiger partial charge in [-0.1, -0.05) is 0 Å². The standard InChI is InChI=1S/C14H10F2N2O3S/c1-21-11-2-3-12-13(7-11)22(19,20)18-14(12)17-10-5-8(15)4-9(16)6-10/h2-7H,1H3,(H,17,18). The van der Waals surface area contributed by atoms with E-state index in [-0.39, 0.29) is 16.4 Å². The summed E-state index contributed by atoms with van der Waals surface area (Å²) >= 11 is 0. The van der Waals surface area contributed by atoms with E-state index in [1.54, 1.807) is 6.07 Å². The minimum absolute atomic E-state index is 0.00246. The molecule has 1 N–H and O–H groups in total. The Morgan fingerprint density at radius 3 is 2.41 bits per heavy atom. The van der Waals surface area contributed by atoms with Gasteiger partial charge < -0.3 is 10.1 Å². The second-order valence-corrected chi connectivity index (χ2v) is 6.13. The molecule has 0 bridgehead atoms. The zero-order chi connectivity index (χ0) is 15.9. The topological polar surface area (TPSA) is 67.8 Å². The molecule has 8 heteroatoms. The summed E-state index contributed by atoms with van der Waals surface area (Å²) in [4.78, 5) is -0.0220. The van der Waals surface area contributed by atoms with Gasteiger partial charge in [0, 0.05) is 23.4 Å². The summed E-state index contributed by atoms with van der Waals surface area (Å²) in [5, 5.41) is 2.62. The molecule has 0 saturated heterocycles. The van der Waals surface area contributed by atoms with Crippen molar-refractivity contribution in [3.05, 3.63) is 53.6 Å². The van der Waals surface area contributed by atoms with Crippen molar-refractivity contribution in [2.75, 3.05) is 12.4 Å². The maximum atomic E-state index is 13.2. The van der Waals surface area contributed by atoms with E-state index in [4.69, 9.17) is 4.74 Å². The van der Waals surface area contributed by atoms with E-state index in [1.165, 1.54) is 19.2 Å². The Hall–Kier alpha value is -2.48. The number of nitrogens with zero attached hydrogens (tertiary/aromatic N) is 1. The van der Waals surface area contributed by atoms with Crippen LogP contribution < -0.4 is 10.1 Å². The molecule has 0 fully saturated rings. The predicted octanol–water partition coefficient (Wildman–Crippen LogP) is 2.53. The number of nitrogens with one attached hydrogen (secondary N) is 1. The molecule has 1 aliphatic heterocycles. The molecule has 22 heavy (non-hydrogen) atoms. The van der Waals surface area contributed by atoms with Crippen LogP contribution in [0.4, 0.5) is 14.5 Å². The van der Waals surface area contributed by atoms with Crippen molar-refractivity contribution in [2.24, 2.45) is 4.40 Å². The summed E-state index contributed by atoms with van der Waals surface area (Å²) in [6.45, 7) is 0. The summed E-state index contributed by atoms with van der Waals surface area (Å²) < 4.78 is 59.0. The molecular weight excluding hydrogens is 314 g/mol. The number of anilines is 1. The van der Waals surface area contributed by atoms with Gasteiger partial charge in [0.1, 0.15) is 22.3 Å². The van der Waals surface area contributed by atoms with Gasteiger partial charge in [0.05, 0.1) is 7.11 Å². The van der Waals surface area contributed by atoms with E-state index in [0.29, 0.717) is 11.3 Å². The van der Waals surface area contributed by atoms with Crippen molar-refractivity contribution in [1.82, 2.24) is 0 Å². The summed E-state index contributed by atoms with van der Waals surface area (Å²) in [5.74, 6) is -1.18. The van der Waals surface area contributed by atoms with Crippen LogP contribution in [0.3, 0.4) is 0 Å². The molecule has 5 nitrogen and oxygen atoms in total. The Labute approximate surface area is 125 Å². The molecule has 0 radical (unpaired) electrons. The lowest BCUT2D eigenvalue weighted by Gasteiger charge is -2.07. The Morgan fingerprint density at radius 1 is 1.09 bits per heavy atom. The van der Waals surface area contributed by atoms with Crippen LogP contribution in [0.25, 0.3) is 0 Å². The highest BCUT2D eigenvalue weighted by atomic mass is 32.2. The van der Waals surface area contributed by atoms with E-state index in [0.717, 1.165) is 18.2 Å². The fraction of sp³-hybridized carbons (Fsp3) is 0.0714. The van der Waals surface area contributed by atoms with E-state index in [1.807, 2.05) is 0 Å². The Bertz CT molecular complexity index is 875. The lowest BCUT2D eigenvalue weighted by molar-refractivity contribution is 0.413. The number of hydrogen-bond donors (Lipinski definition) is 1. The molecule has 0 amide bonds. The van der Waals surface area contributed by atoms with Gasteiger partial charge in [-0.25, -0.2) is 8.78 Å².